The van der Waals surface area contributed by atoms with E-state index in [-0.39, 0.29) is 22.2 Å². The molecule has 0 saturated heterocycles. The number of carbonyl (C=O) groups is 15. The molecular weight excluding hydrogens is 1680 g/mol. The fourth-order valence-corrected chi connectivity index (χ4v) is 11.2. The molecule has 0 aliphatic rings. The average Bonchev–Trinajstić information content (AvgIpc) is 0.794. The van der Waals surface area contributed by atoms with Gasteiger partial charge in [0.05, 0.1) is 62.6 Å². The number of thiol groups is 1. The zero-order chi connectivity index (χ0) is 92.3. The number of Topliss-reactive ketones (excluding diaryl/α,β-unsaturated/α-hetero) is 1. The summed E-state index contributed by atoms with van der Waals surface area (Å²) in [5.74, 6) is -25.7. The van der Waals surface area contributed by atoms with Crippen LogP contribution in [0, 0.1) is 5.92 Å². The van der Waals surface area contributed by atoms with Crippen LogP contribution in [0.15, 0.2) is 35.3 Å². The molecule has 3 aromatic rings. The average molecular weight is 1770 g/mol. The number of aliphatic hydroxyl groups excluding tert-OH is 15. The lowest BCUT2D eigenvalue weighted by Crippen LogP contribution is -2.58. The summed E-state index contributed by atoms with van der Waals surface area (Å²) in [7, 11) is 0. The Morgan fingerprint density at radius 1 is 0.467 bits per heavy atom. The molecule has 54 heteroatoms. The van der Waals surface area contributed by atoms with Crippen LogP contribution in [0.1, 0.15) is 99.5 Å². The maximum atomic E-state index is 14.7. The lowest BCUT2D eigenvalue weighted by atomic mass is 9.91. The van der Waals surface area contributed by atoms with E-state index < -0.39 is 368 Å². The largest absolute Gasteiger partial charge is 0.481 e. The Morgan fingerprint density at radius 3 is 1.25 bits per heavy atom. The molecule has 0 aliphatic carbocycles. The van der Waals surface area contributed by atoms with Crippen molar-refractivity contribution in [1.29, 1.82) is 0 Å². The fraction of sp³-hybridized carbons (Fsp3) is 0.603. The Labute approximate surface area is 691 Å². The van der Waals surface area contributed by atoms with Gasteiger partial charge in [0.2, 0.25) is 53.2 Å². The number of aromatic nitrogens is 4. The minimum Gasteiger partial charge on any atom is -0.481 e. The number of nitrogens with two attached hydrogens (primary N) is 1. The molecule has 31 N–H and O–H groups in total. The first-order chi connectivity index (χ1) is 57.1. The quantitative estimate of drug-likeness (QED) is 0.0233. The molecule has 19 atom stereocenters. The van der Waals surface area contributed by atoms with Gasteiger partial charge in [-0.25, -0.2) is 19.6 Å². The van der Waals surface area contributed by atoms with Gasteiger partial charge in [-0.3, -0.25) is 77.0 Å². The highest BCUT2D eigenvalue weighted by Gasteiger charge is 2.44. The zero-order valence-corrected chi connectivity index (χ0v) is 65.1. The van der Waals surface area contributed by atoms with Crippen molar-refractivity contribution in [1.82, 2.24) is 67.8 Å². The second-order valence-corrected chi connectivity index (χ2v) is 27.7. The SMILES string of the molecule is Nc1nc2ncc(CN(C(=O)C(F)(F)F)c3ccc(C(=O)N[C@H](CCC(=O)N[C@@H](CCC(=O)NC[C@@H](O)[C@@H](O)[C@H](O)[C@H](O)CO)C(=O)C[C@H](CCC(=O)O)C(=O)N[C@@H](CCC(=O)NC[C@H](O)[C@@H](O)[C@H](O)[C@H](O)CO)C(=O)N[C@H](CCC(=O)O)C(=O)N[C@@H](CCC(=O)NC[C@H](O)[C@@H](O)[C@H](O)[C@H](O)CO)C(=O)N[C@H](CS)C(=O)O)C(=O)O)cc3)nc2c(=O)[nH]1. The van der Waals surface area contributed by atoms with Crippen LogP contribution in [0.3, 0.4) is 0 Å². The topological polar surface area (TPSA) is 849 Å². The van der Waals surface area contributed by atoms with Crippen molar-refractivity contribution in [3.05, 3.63) is 52.1 Å². The number of aliphatic hydroxyl groups is 15. The molecule has 122 heavy (non-hydrogen) atoms. The van der Waals surface area contributed by atoms with E-state index in [1.54, 1.807) is 0 Å². The molecule has 50 nitrogen and oxygen atoms in total. The predicted octanol–water partition coefficient (Wildman–Crippen LogP) is -12.9. The number of nitrogens with one attached hydrogen (secondary N) is 10. The van der Waals surface area contributed by atoms with Crippen molar-refractivity contribution in [2.75, 3.05) is 55.8 Å². The van der Waals surface area contributed by atoms with Gasteiger partial charge in [-0.15, -0.1) is 0 Å². The van der Waals surface area contributed by atoms with Crippen LogP contribution >= 0.6 is 12.6 Å². The molecule has 10 amide bonds. The monoisotopic (exact) mass is 1770 g/mol. The number of alkyl halides is 3. The maximum Gasteiger partial charge on any atom is 0.471 e. The summed E-state index contributed by atoms with van der Waals surface area (Å²) < 4.78 is 42.0. The highest BCUT2D eigenvalue weighted by atomic mass is 32.1. The van der Waals surface area contributed by atoms with Crippen LogP contribution in [-0.2, 0) is 73.7 Å². The van der Waals surface area contributed by atoms with Crippen molar-refractivity contribution in [2.24, 2.45) is 5.92 Å². The Balaban J connectivity index is 2.10. The molecule has 0 fully saturated rings. The summed E-state index contributed by atoms with van der Waals surface area (Å²) in [6, 6.07) is -9.13. The number of fused-ring (bicyclic) bond motifs is 1. The van der Waals surface area contributed by atoms with Gasteiger partial charge in [-0.05, 0) is 62.8 Å². The van der Waals surface area contributed by atoms with Crippen molar-refractivity contribution in [2.45, 2.75) is 206 Å². The van der Waals surface area contributed by atoms with Gasteiger partial charge in [0.1, 0.15) is 85.1 Å². The Kier molecular flexibility index (Phi) is 44.0. The Morgan fingerprint density at radius 2 is 0.844 bits per heavy atom. The number of ketones is 1. The number of nitrogens with zero attached hydrogens (tertiary/aromatic N) is 4. The van der Waals surface area contributed by atoms with Crippen LogP contribution in [0.2, 0.25) is 0 Å². The first-order valence-electron chi connectivity index (χ1n) is 36.7. The molecule has 2 heterocycles. The fourth-order valence-electron chi connectivity index (χ4n) is 11.0. The van der Waals surface area contributed by atoms with E-state index in [0.29, 0.717) is 0 Å². The maximum absolute atomic E-state index is 14.7. The summed E-state index contributed by atoms with van der Waals surface area (Å²) in [6.07, 6.45) is -42.7. The Hall–Kier alpha value is -11.0. The second-order valence-electron chi connectivity index (χ2n) is 27.4. The molecule has 0 aliphatic heterocycles. The van der Waals surface area contributed by atoms with Gasteiger partial charge < -0.3 is 151 Å². The number of carbonyl (C=O) groups excluding carboxylic acids is 11. The van der Waals surface area contributed by atoms with Gasteiger partial charge in [0.25, 0.3) is 11.5 Å². The van der Waals surface area contributed by atoms with Gasteiger partial charge >= 0.3 is 36.0 Å². The third-order valence-corrected chi connectivity index (χ3v) is 18.4. The van der Waals surface area contributed by atoms with Gasteiger partial charge in [0.15, 0.2) is 16.9 Å². The number of rotatable bonds is 56. The second kappa shape index (κ2) is 51.1. The number of carboxylic acid groups (broad SMARTS) is 4. The minimum atomic E-state index is -5.54. The van der Waals surface area contributed by atoms with E-state index in [9.17, 15) is 182 Å². The number of halogens is 3. The van der Waals surface area contributed by atoms with Gasteiger partial charge in [-0.2, -0.15) is 30.8 Å². The predicted molar refractivity (Wildman–Crippen MR) is 402 cm³/mol. The zero-order valence-electron chi connectivity index (χ0n) is 64.2. The van der Waals surface area contributed by atoms with Crippen LogP contribution in [0.4, 0.5) is 24.8 Å². The van der Waals surface area contributed by atoms with E-state index >= 15 is 0 Å². The Bertz CT molecular complexity index is 4140. The van der Waals surface area contributed by atoms with Crippen molar-refractivity contribution >= 4 is 124 Å². The summed E-state index contributed by atoms with van der Waals surface area (Å²) in [5.41, 5.74) is 2.36. The van der Waals surface area contributed by atoms with E-state index in [1.165, 1.54) is 0 Å². The van der Waals surface area contributed by atoms with Crippen molar-refractivity contribution in [3.8, 4) is 0 Å². The lowest BCUT2D eigenvalue weighted by molar-refractivity contribution is -0.170. The van der Waals surface area contributed by atoms with Gasteiger partial charge in [-0.1, -0.05) is 0 Å². The van der Waals surface area contributed by atoms with Crippen LogP contribution in [0.5, 0.6) is 0 Å². The number of benzene rings is 1. The van der Waals surface area contributed by atoms with Crippen LogP contribution < -0.4 is 64.0 Å². The normalized spacial score (nSPS) is 16.3. The molecular formula is C68H98F3N15O35S. The molecule has 2 aromatic heterocycles. The third kappa shape index (κ3) is 34.9. The molecule has 1 aromatic carbocycles. The highest BCUT2D eigenvalue weighted by molar-refractivity contribution is 7.80. The molecule has 0 unspecified atom stereocenters. The standard InChI is InChI=1S/C68H98F3N15O35S/c69-68(70,71)66(121)86(22-29-18-76-57-50(77-29)63(116)85-67(72)84-57)30-4-1-27(2-5-30)58(111)82-35(64(117)118)9-14-47(100)78-31(6-11-44(97)73-19-38(91)51(105)54(108)41(94)23-87)37(90)17-28(3-15-48(101)102)59(112)79-32(7-12-45(98)74-20-39(92)52(106)55(109)42(95)24-88)60(113)81-34(10-16-49(103)104)61(114)80-33(62(115)83-36(26-122)65(119)120)8-13-46(99)75-21-40(93)53(107)56(110)43(96)25-89/h1-2,4-5,18,28,31-36,38-43,51-56,87-89,91-96,105-110,122H,3,6-17,19-26H2,(H,73,97)(H,74,98)(H,75,99)(H,78,100)(H,79,112)(H,80,114)(H,81,113)(H,82,111)(H,83,115)(H,101,102)(H,103,104)(H,117,118)(H,119,120)(H3,72,76,84,85,116)/t28-,31-,32-,33-,34+,35+,36+,38+,39-,40-,41+,42+,43+,51+,52+,53+,54+,55+,56+/m0/s1. The smallest absolute Gasteiger partial charge is 0.471 e. The number of amides is 10. The number of carboxylic acids is 4. The summed E-state index contributed by atoms with van der Waals surface area (Å²) >= 11 is 3.86. The van der Waals surface area contributed by atoms with E-state index in [2.05, 4.69) is 75.1 Å². The highest BCUT2D eigenvalue weighted by Crippen LogP contribution is 2.27. The van der Waals surface area contributed by atoms with Crippen molar-refractivity contribution < 1.29 is 182 Å². The van der Waals surface area contributed by atoms with Crippen LogP contribution in [0.25, 0.3) is 11.2 Å². The summed E-state index contributed by atoms with van der Waals surface area (Å²) in [4.78, 5) is 227. The van der Waals surface area contributed by atoms with Crippen molar-refractivity contribution in [3.63, 3.8) is 0 Å². The number of H-pyrrole nitrogens is 1. The number of aromatic amines is 1. The van der Waals surface area contributed by atoms with E-state index in [0.717, 1.165) is 30.5 Å². The number of hydrogen-bond acceptors (Lipinski definition) is 36. The van der Waals surface area contributed by atoms with Crippen LogP contribution in [-0.4, -0.2) is 367 Å². The molecule has 0 spiro atoms. The molecule has 0 bridgehead atoms. The third-order valence-electron chi connectivity index (χ3n) is 18.1. The lowest BCUT2D eigenvalue weighted by Gasteiger charge is -2.27. The molecule has 0 saturated carbocycles. The molecule has 3 rings (SSSR count). The summed E-state index contributed by atoms with van der Waals surface area (Å²) in [6.45, 7) is -7.11. The van der Waals surface area contributed by atoms with E-state index in [1.807, 2.05) is 5.32 Å². The summed E-state index contributed by atoms with van der Waals surface area (Å²) in [5, 5.41) is 207. The first-order valence-corrected chi connectivity index (χ1v) is 37.4. The van der Waals surface area contributed by atoms with E-state index in [4.69, 9.17) is 10.8 Å². The number of anilines is 2. The minimum absolute atomic E-state index is 0.137. The first kappa shape index (κ1) is 105. The number of nitrogen functional groups attached to an aromatic ring is 1. The molecule has 682 valence electrons. The molecule has 0 radical (unpaired) electrons. The van der Waals surface area contributed by atoms with Gasteiger partial charge in [0, 0.05) is 87.5 Å². The number of aliphatic carboxylic acids is 4. The number of hydrogen-bond donors (Lipinski definition) is 31.